The van der Waals surface area contributed by atoms with Crippen LogP contribution in [0.2, 0.25) is 0 Å². The Hall–Kier alpha value is -2.01. The molecule has 0 spiro atoms. The predicted molar refractivity (Wildman–Crippen MR) is 77.7 cm³/mol. The van der Waals surface area contributed by atoms with Gasteiger partial charge in [-0.1, -0.05) is 6.92 Å². The molecular formula is C15H20N4O. The summed E-state index contributed by atoms with van der Waals surface area (Å²) in [5.74, 6) is 0.551. The van der Waals surface area contributed by atoms with Gasteiger partial charge in [-0.15, -0.1) is 0 Å². The first-order chi connectivity index (χ1) is 9.76. The maximum absolute atomic E-state index is 5.33. The third kappa shape index (κ3) is 3.30. The highest BCUT2D eigenvalue weighted by Gasteiger charge is 2.20. The van der Waals surface area contributed by atoms with Gasteiger partial charge in [0.05, 0.1) is 13.2 Å². The van der Waals surface area contributed by atoms with Gasteiger partial charge < -0.3 is 10.1 Å². The van der Waals surface area contributed by atoms with Gasteiger partial charge in [-0.2, -0.15) is 0 Å². The summed E-state index contributed by atoms with van der Waals surface area (Å²) in [6.45, 7) is 5.01. The van der Waals surface area contributed by atoms with Gasteiger partial charge in [0.25, 0.3) is 0 Å². The van der Waals surface area contributed by atoms with E-state index in [1.807, 2.05) is 19.2 Å². The molecule has 0 amide bonds. The SMILES string of the molecule is CCCNC(c1ccnc(C)c1)c1nccnc1OC. The lowest BCUT2D eigenvalue weighted by Crippen LogP contribution is -2.25. The molecule has 5 heteroatoms. The van der Waals surface area contributed by atoms with Crippen LogP contribution in [-0.2, 0) is 0 Å². The van der Waals surface area contributed by atoms with E-state index in [0.717, 1.165) is 29.9 Å². The molecule has 2 heterocycles. The van der Waals surface area contributed by atoms with Crippen LogP contribution >= 0.6 is 0 Å². The molecule has 2 aromatic heterocycles. The van der Waals surface area contributed by atoms with E-state index >= 15 is 0 Å². The Balaban J connectivity index is 2.41. The molecule has 0 aliphatic heterocycles. The van der Waals surface area contributed by atoms with Crippen molar-refractivity contribution in [3.05, 3.63) is 47.7 Å². The molecule has 20 heavy (non-hydrogen) atoms. The quantitative estimate of drug-likeness (QED) is 0.874. The van der Waals surface area contributed by atoms with Crippen LogP contribution in [0.25, 0.3) is 0 Å². The molecule has 1 unspecified atom stereocenters. The molecule has 106 valence electrons. The van der Waals surface area contributed by atoms with Crippen LogP contribution in [0.3, 0.4) is 0 Å². The van der Waals surface area contributed by atoms with Crippen LogP contribution in [0.5, 0.6) is 5.88 Å². The van der Waals surface area contributed by atoms with E-state index in [1.54, 1.807) is 19.5 Å². The smallest absolute Gasteiger partial charge is 0.237 e. The van der Waals surface area contributed by atoms with Crippen molar-refractivity contribution in [1.82, 2.24) is 20.3 Å². The number of aromatic nitrogens is 3. The number of rotatable bonds is 6. The van der Waals surface area contributed by atoms with Gasteiger partial charge in [0.15, 0.2) is 0 Å². The number of nitrogens with one attached hydrogen (secondary N) is 1. The molecule has 5 nitrogen and oxygen atoms in total. The van der Waals surface area contributed by atoms with E-state index in [2.05, 4.69) is 33.3 Å². The van der Waals surface area contributed by atoms with E-state index in [9.17, 15) is 0 Å². The minimum atomic E-state index is -0.0414. The third-order valence-corrected chi connectivity index (χ3v) is 3.01. The Labute approximate surface area is 119 Å². The Morgan fingerprint density at radius 3 is 2.70 bits per heavy atom. The minimum absolute atomic E-state index is 0.0414. The van der Waals surface area contributed by atoms with Gasteiger partial charge in [-0.05, 0) is 37.6 Å². The summed E-state index contributed by atoms with van der Waals surface area (Å²) in [6, 6.07) is 4.01. The van der Waals surface area contributed by atoms with E-state index in [0.29, 0.717) is 5.88 Å². The fraction of sp³-hybridized carbons (Fsp3) is 0.400. The molecule has 0 fully saturated rings. The number of aryl methyl sites for hydroxylation is 1. The number of nitrogens with zero attached hydrogens (tertiary/aromatic N) is 3. The normalized spacial score (nSPS) is 12.2. The Kier molecular flexibility index (Phi) is 5.01. The second kappa shape index (κ2) is 6.96. The molecule has 0 radical (unpaired) electrons. The zero-order valence-corrected chi connectivity index (χ0v) is 12.1. The van der Waals surface area contributed by atoms with Crippen molar-refractivity contribution in [3.63, 3.8) is 0 Å². The van der Waals surface area contributed by atoms with Crippen LogP contribution in [0.1, 0.15) is 36.3 Å². The monoisotopic (exact) mass is 272 g/mol. The van der Waals surface area contributed by atoms with Crippen molar-refractivity contribution in [2.24, 2.45) is 0 Å². The van der Waals surface area contributed by atoms with Crippen molar-refractivity contribution in [2.75, 3.05) is 13.7 Å². The highest BCUT2D eigenvalue weighted by molar-refractivity contribution is 5.32. The maximum Gasteiger partial charge on any atom is 0.237 e. The largest absolute Gasteiger partial charge is 0.480 e. The lowest BCUT2D eigenvalue weighted by atomic mass is 10.0. The lowest BCUT2D eigenvalue weighted by molar-refractivity contribution is 0.382. The molecular weight excluding hydrogens is 252 g/mol. The van der Waals surface area contributed by atoms with Crippen LogP contribution < -0.4 is 10.1 Å². The molecule has 0 saturated carbocycles. The highest BCUT2D eigenvalue weighted by atomic mass is 16.5. The standard InChI is InChI=1S/C15H20N4O/c1-4-6-17-13(12-5-7-16-11(2)10-12)14-15(20-3)19-9-8-18-14/h5,7-10,13,17H,4,6H2,1-3H3. The average molecular weight is 272 g/mol. The van der Waals surface area contributed by atoms with Crippen molar-refractivity contribution in [3.8, 4) is 5.88 Å². The highest BCUT2D eigenvalue weighted by Crippen LogP contribution is 2.26. The van der Waals surface area contributed by atoms with Gasteiger partial charge in [-0.25, -0.2) is 4.98 Å². The second-order valence-corrected chi connectivity index (χ2v) is 4.57. The van der Waals surface area contributed by atoms with Crippen molar-refractivity contribution in [2.45, 2.75) is 26.3 Å². The van der Waals surface area contributed by atoms with Gasteiger partial charge >= 0.3 is 0 Å². The maximum atomic E-state index is 5.33. The molecule has 2 aromatic rings. The third-order valence-electron chi connectivity index (χ3n) is 3.01. The van der Waals surface area contributed by atoms with Gasteiger partial charge in [0.2, 0.25) is 5.88 Å². The van der Waals surface area contributed by atoms with Crippen LogP contribution in [-0.4, -0.2) is 28.6 Å². The van der Waals surface area contributed by atoms with Crippen LogP contribution in [0.15, 0.2) is 30.7 Å². The first-order valence-electron chi connectivity index (χ1n) is 6.77. The molecule has 1 N–H and O–H groups in total. The zero-order valence-electron chi connectivity index (χ0n) is 12.1. The number of methoxy groups -OCH3 is 1. The van der Waals surface area contributed by atoms with E-state index < -0.39 is 0 Å². The molecule has 2 rings (SSSR count). The second-order valence-electron chi connectivity index (χ2n) is 4.57. The summed E-state index contributed by atoms with van der Waals surface area (Å²) in [6.07, 6.45) is 6.18. The Bertz CT molecular complexity index is 559. The van der Waals surface area contributed by atoms with Crippen molar-refractivity contribution in [1.29, 1.82) is 0 Å². The van der Waals surface area contributed by atoms with E-state index in [4.69, 9.17) is 4.74 Å². The summed E-state index contributed by atoms with van der Waals surface area (Å²) in [7, 11) is 1.61. The van der Waals surface area contributed by atoms with Crippen molar-refractivity contribution >= 4 is 0 Å². The number of ether oxygens (including phenoxy) is 1. The summed E-state index contributed by atoms with van der Waals surface area (Å²) in [5.41, 5.74) is 2.90. The summed E-state index contributed by atoms with van der Waals surface area (Å²) < 4.78 is 5.33. The molecule has 0 aliphatic rings. The van der Waals surface area contributed by atoms with Crippen molar-refractivity contribution < 1.29 is 4.74 Å². The molecule has 0 aliphatic carbocycles. The fourth-order valence-electron chi connectivity index (χ4n) is 2.10. The van der Waals surface area contributed by atoms with E-state index in [1.165, 1.54) is 0 Å². The first kappa shape index (κ1) is 14.4. The topological polar surface area (TPSA) is 59.9 Å². The minimum Gasteiger partial charge on any atom is -0.480 e. The van der Waals surface area contributed by atoms with Crippen LogP contribution in [0, 0.1) is 6.92 Å². The lowest BCUT2D eigenvalue weighted by Gasteiger charge is -2.20. The molecule has 0 bridgehead atoms. The van der Waals surface area contributed by atoms with Gasteiger partial charge in [0.1, 0.15) is 5.69 Å². The summed E-state index contributed by atoms with van der Waals surface area (Å²) >= 11 is 0. The van der Waals surface area contributed by atoms with Gasteiger partial charge in [0, 0.05) is 24.3 Å². The summed E-state index contributed by atoms with van der Waals surface area (Å²) in [5, 5.41) is 3.49. The number of pyridine rings is 1. The average Bonchev–Trinajstić information content (AvgIpc) is 2.48. The van der Waals surface area contributed by atoms with Gasteiger partial charge in [-0.3, -0.25) is 9.97 Å². The Morgan fingerprint density at radius 2 is 2.00 bits per heavy atom. The zero-order chi connectivity index (χ0) is 14.4. The van der Waals surface area contributed by atoms with E-state index in [-0.39, 0.29) is 6.04 Å². The molecule has 1 atom stereocenters. The Morgan fingerprint density at radius 1 is 1.20 bits per heavy atom. The number of hydrogen-bond donors (Lipinski definition) is 1. The van der Waals surface area contributed by atoms with Crippen LogP contribution in [0.4, 0.5) is 0 Å². The fourth-order valence-corrected chi connectivity index (χ4v) is 2.10. The molecule has 0 saturated heterocycles. The number of hydrogen-bond acceptors (Lipinski definition) is 5. The summed E-state index contributed by atoms with van der Waals surface area (Å²) in [4.78, 5) is 12.9. The molecule has 0 aromatic carbocycles. The first-order valence-corrected chi connectivity index (χ1v) is 6.77. The predicted octanol–water partition coefficient (Wildman–Crippen LogP) is 2.28.